The van der Waals surface area contributed by atoms with Crippen LogP contribution in [0.1, 0.15) is 44.1 Å². The lowest BCUT2D eigenvalue weighted by molar-refractivity contribution is 0.751. The molecule has 0 bridgehead atoms. The molecule has 0 saturated carbocycles. The highest BCUT2D eigenvalue weighted by Crippen LogP contribution is 2.27. The van der Waals surface area contributed by atoms with Crippen LogP contribution < -0.4 is 10.2 Å². The van der Waals surface area contributed by atoms with E-state index in [1.165, 1.54) is 22.3 Å². The highest BCUT2D eigenvalue weighted by Gasteiger charge is 2.13. The van der Waals surface area contributed by atoms with Gasteiger partial charge in [-0.3, -0.25) is 0 Å². The summed E-state index contributed by atoms with van der Waals surface area (Å²) in [6.45, 7) is 12.0. The molecule has 5 rings (SSSR count). The summed E-state index contributed by atoms with van der Waals surface area (Å²) in [6, 6.07) is 25.1. The first-order valence-electron chi connectivity index (χ1n) is 13.1. The molecule has 0 amide bonds. The summed E-state index contributed by atoms with van der Waals surface area (Å²) in [5, 5.41) is 3.31. The number of nitrogens with zero attached hydrogens (tertiary/aromatic N) is 4. The van der Waals surface area contributed by atoms with Crippen LogP contribution in [0, 0.1) is 13.8 Å². The Morgan fingerprint density at radius 3 is 2.41 bits per heavy atom. The predicted molar refractivity (Wildman–Crippen MR) is 155 cm³/mol. The van der Waals surface area contributed by atoms with Crippen molar-refractivity contribution in [1.29, 1.82) is 0 Å². The largest absolute Gasteiger partial charge is 0.352 e. The van der Waals surface area contributed by atoms with Crippen LogP contribution in [0.5, 0.6) is 0 Å². The van der Waals surface area contributed by atoms with Gasteiger partial charge in [0.05, 0.1) is 11.0 Å². The van der Waals surface area contributed by atoms with Crippen molar-refractivity contribution in [3.8, 4) is 11.1 Å². The van der Waals surface area contributed by atoms with Gasteiger partial charge in [-0.05, 0) is 78.9 Å². The van der Waals surface area contributed by atoms with Gasteiger partial charge in [0.25, 0.3) is 0 Å². The number of hydrogen-bond acceptors (Lipinski definition) is 5. The molecule has 2 aromatic heterocycles. The number of fused-ring (bicyclic) bond motifs is 1. The first-order chi connectivity index (χ1) is 18.1. The Kier molecular flexibility index (Phi) is 8.52. The van der Waals surface area contributed by atoms with Crippen LogP contribution in [0.2, 0.25) is 0 Å². The van der Waals surface area contributed by atoms with Gasteiger partial charge in [-0.15, -0.1) is 0 Å². The number of aromatic amines is 1. The summed E-state index contributed by atoms with van der Waals surface area (Å²) in [5.74, 6) is 2.45. The van der Waals surface area contributed by atoms with E-state index in [9.17, 15) is 0 Å². The Hall–Kier alpha value is -4.19. The zero-order valence-electron chi connectivity index (χ0n) is 22.4. The van der Waals surface area contributed by atoms with Crippen molar-refractivity contribution in [2.24, 2.45) is 0 Å². The number of aromatic nitrogens is 4. The molecular formula is C31H36N6. The second-order valence-corrected chi connectivity index (χ2v) is 8.85. The number of nitrogens with one attached hydrogen (secondary N) is 2. The lowest BCUT2D eigenvalue weighted by atomic mass is 9.99. The molecule has 6 nitrogen and oxygen atoms in total. The molecule has 0 aliphatic rings. The highest BCUT2D eigenvalue weighted by atomic mass is 15.2. The first kappa shape index (κ1) is 25.9. The van der Waals surface area contributed by atoms with Gasteiger partial charge >= 0.3 is 0 Å². The van der Waals surface area contributed by atoms with Crippen LogP contribution in [-0.2, 0) is 6.54 Å². The Bertz CT molecular complexity index is 1440. The number of H-pyrrole nitrogens is 1. The molecule has 0 fully saturated rings. The van der Waals surface area contributed by atoms with E-state index < -0.39 is 0 Å². The third kappa shape index (κ3) is 6.33. The zero-order chi connectivity index (χ0) is 26.2. The maximum Gasteiger partial charge on any atom is 0.229 e. The fraction of sp³-hybridized carbons (Fsp3) is 0.258. The van der Waals surface area contributed by atoms with E-state index in [0.717, 1.165) is 47.9 Å². The SMILES string of the molecule is CC.CCCN(Cc1cc(-c2ccc3nc(C)[nH]c3c2)ccc1C)c1ccnc(Nc2ccccc2)n1. The lowest BCUT2D eigenvalue weighted by Crippen LogP contribution is -2.25. The van der Waals surface area contributed by atoms with E-state index in [4.69, 9.17) is 4.98 Å². The molecule has 6 heteroatoms. The summed E-state index contributed by atoms with van der Waals surface area (Å²) in [7, 11) is 0. The van der Waals surface area contributed by atoms with E-state index >= 15 is 0 Å². The summed E-state index contributed by atoms with van der Waals surface area (Å²) in [4.78, 5) is 19.4. The van der Waals surface area contributed by atoms with E-state index in [1.54, 1.807) is 0 Å². The molecule has 2 heterocycles. The third-order valence-electron chi connectivity index (χ3n) is 6.13. The average molecular weight is 493 g/mol. The normalized spacial score (nSPS) is 10.6. The smallest absolute Gasteiger partial charge is 0.229 e. The third-order valence-corrected chi connectivity index (χ3v) is 6.13. The minimum atomic E-state index is 0.600. The maximum atomic E-state index is 4.82. The minimum Gasteiger partial charge on any atom is -0.352 e. The number of benzene rings is 3. The van der Waals surface area contributed by atoms with Gasteiger partial charge in [-0.25, -0.2) is 9.97 Å². The van der Waals surface area contributed by atoms with Gasteiger partial charge in [0.1, 0.15) is 11.6 Å². The molecule has 0 aliphatic heterocycles. The molecule has 0 spiro atoms. The van der Waals surface area contributed by atoms with Crippen molar-refractivity contribution in [2.75, 3.05) is 16.8 Å². The second-order valence-electron chi connectivity index (χ2n) is 8.85. The van der Waals surface area contributed by atoms with Crippen LogP contribution in [0.15, 0.2) is 79.0 Å². The monoisotopic (exact) mass is 492 g/mol. The van der Waals surface area contributed by atoms with E-state index in [2.05, 4.69) is 75.4 Å². The Balaban J connectivity index is 0.00000156. The minimum absolute atomic E-state index is 0.600. The predicted octanol–water partition coefficient (Wildman–Crippen LogP) is 7.82. The zero-order valence-corrected chi connectivity index (χ0v) is 22.4. The molecule has 0 unspecified atom stereocenters. The summed E-state index contributed by atoms with van der Waals surface area (Å²) in [6.07, 6.45) is 2.85. The molecule has 0 saturated heterocycles. The molecule has 0 atom stereocenters. The fourth-order valence-corrected chi connectivity index (χ4v) is 4.32. The molecule has 5 aromatic rings. The van der Waals surface area contributed by atoms with Gasteiger partial charge in [-0.2, -0.15) is 4.98 Å². The number of rotatable bonds is 8. The number of hydrogen-bond donors (Lipinski definition) is 2. The van der Waals surface area contributed by atoms with Crippen LogP contribution in [0.3, 0.4) is 0 Å². The molecule has 2 N–H and O–H groups in total. The second kappa shape index (κ2) is 12.2. The Morgan fingerprint density at radius 2 is 1.62 bits per heavy atom. The molecule has 0 radical (unpaired) electrons. The summed E-state index contributed by atoms with van der Waals surface area (Å²) >= 11 is 0. The fourth-order valence-electron chi connectivity index (χ4n) is 4.32. The molecular weight excluding hydrogens is 456 g/mol. The Morgan fingerprint density at radius 1 is 0.865 bits per heavy atom. The quantitative estimate of drug-likeness (QED) is 0.231. The van der Waals surface area contributed by atoms with Crippen molar-refractivity contribution in [2.45, 2.75) is 47.6 Å². The number of aryl methyl sites for hydroxylation is 2. The van der Waals surface area contributed by atoms with Crippen LogP contribution >= 0.6 is 0 Å². The van der Waals surface area contributed by atoms with Gasteiger partial charge in [0, 0.05) is 25.0 Å². The summed E-state index contributed by atoms with van der Waals surface area (Å²) in [5.41, 5.74) is 7.97. The highest BCUT2D eigenvalue weighted by molar-refractivity contribution is 5.82. The van der Waals surface area contributed by atoms with Crippen molar-refractivity contribution in [1.82, 2.24) is 19.9 Å². The Labute approximate surface area is 219 Å². The van der Waals surface area contributed by atoms with Crippen molar-refractivity contribution in [3.05, 3.63) is 95.9 Å². The number of anilines is 3. The van der Waals surface area contributed by atoms with E-state index in [1.807, 2.05) is 63.4 Å². The van der Waals surface area contributed by atoms with Gasteiger partial charge < -0.3 is 15.2 Å². The van der Waals surface area contributed by atoms with Crippen molar-refractivity contribution < 1.29 is 0 Å². The van der Waals surface area contributed by atoms with Crippen molar-refractivity contribution in [3.63, 3.8) is 0 Å². The van der Waals surface area contributed by atoms with E-state index in [0.29, 0.717) is 5.95 Å². The van der Waals surface area contributed by atoms with Gasteiger partial charge in [0.2, 0.25) is 5.95 Å². The number of para-hydroxylation sites is 1. The average Bonchev–Trinajstić information content (AvgIpc) is 3.31. The van der Waals surface area contributed by atoms with E-state index in [-0.39, 0.29) is 0 Å². The maximum absolute atomic E-state index is 4.82. The standard InChI is InChI=1S/C29H30N6.C2H6/c1-4-16-35(28-14-15-30-29(34-28)33-25-8-6-5-7-9-25)19-24-17-22(11-10-20(24)2)23-12-13-26-27(18-23)32-21(3)31-26;1-2/h5-15,17-18H,4,16,19H2,1-3H3,(H,31,32)(H,30,33,34);1-2H3. The topological polar surface area (TPSA) is 69.7 Å². The van der Waals surface area contributed by atoms with Crippen LogP contribution in [-0.4, -0.2) is 26.5 Å². The molecule has 3 aromatic carbocycles. The van der Waals surface area contributed by atoms with Crippen LogP contribution in [0.25, 0.3) is 22.2 Å². The van der Waals surface area contributed by atoms with Gasteiger partial charge in [-0.1, -0.05) is 57.2 Å². The molecule has 0 aliphatic carbocycles. The first-order valence-corrected chi connectivity index (χ1v) is 13.1. The molecule has 37 heavy (non-hydrogen) atoms. The molecule has 190 valence electrons. The lowest BCUT2D eigenvalue weighted by Gasteiger charge is -2.25. The van der Waals surface area contributed by atoms with Gasteiger partial charge in [0.15, 0.2) is 0 Å². The number of imidazole rings is 1. The summed E-state index contributed by atoms with van der Waals surface area (Å²) < 4.78 is 0. The van der Waals surface area contributed by atoms with Crippen LogP contribution in [0.4, 0.5) is 17.5 Å². The van der Waals surface area contributed by atoms with Crippen molar-refractivity contribution >= 4 is 28.5 Å².